The largest absolute Gasteiger partial charge is 0.462 e. The van der Waals surface area contributed by atoms with Gasteiger partial charge in [0.05, 0.1) is 0 Å². The summed E-state index contributed by atoms with van der Waals surface area (Å²) in [5.74, 6) is -1.05. The van der Waals surface area contributed by atoms with Gasteiger partial charge in [0.25, 0.3) is 0 Å². The van der Waals surface area contributed by atoms with E-state index in [0.29, 0.717) is 19.3 Å². The highest BCUT2D eigenvalue weighted by Crippen LogP contribution is 2.13. The van der Waals surface area contributed by atoms with Crippen LogP contribution in [0.2, 0.25) is 0 Å². The monoisotopic (exact) mass is 1070 g/mol. The lowest BCUT2D eigenvalue weighted by Crippen LogP contribution is -2.30. The normalized spacial score (nSPS) is 13.3. The van der Waals surface area contributed by atoms with Crippen molar-refractivity contribution in [2.45, 2.75) is 252 Å². The third-order valence-corrected chi connectivity index (χ3v) is 12.4. The molecule has 0 aromatic heterocycles. The first kappa shape index (κ1) is 72.8. The third-order valence-electron chi connectivity index (χ3n) is 12.4. The van der Waals surface area contributed by atoms with Gasteiger partial charge in [0.1, 0.15) is 13.2 Å². The molecule has 0 fully saturated rings. The van der Waals surface area contributed by atoms with Crippen molar-refractivity contribution in [2.75, 3.05) is 13.2 Å². The molecule has 0 bridgehead atoms. The lowest BCUT2D eigenvalue weighted by Gasteiger charge is -2.18. The van der Waals surface area contributed by atoms with Crippen molar-refractivity contribution >= 4 is 17.9 Å². The molecule has 6 heteroatoms. The number of carbonyl (C=O) groups is 3. The van der Waals surface area contributed by atoms with Crippen LogP contribution in [0.5, 0.6) is 0 Å². The third kappa shape index (κ3) is 61.6. The van der Waals surface area contributed by atoms with Gasteiger partial charge in [-0.05, 0) is 141 Å². The molecule has 0 aromatic rings. The highest BCUT2D eigenvalue weighted by atomic mass is 16.6. The van der Waals surface area contributed by atoms with E-state index in [2.05, 4.69) is 179 Å². The van der Waals surface area contributed by atoms with Gasteiger partial charge in [-0.25, -0.2) is 0 Å². The molecular formula is C72H112O6. The minimum Gasteiger partial charge on any atom is -0.462 e. The summed E-state index contributed by atoms with van der Waals surface area (Å²) in [6.45, 7) is 6.30. The molecule has 0 aliphatic rings. The van der Waals surface area contributed by atoms with E-state index in [1.807, 2.05) is 12.2 Å². The minimum atomic E-state index is -0.844. The van der Waals surface area contributed by atoms with E-state index in [-0.39, 0.29) is 31.6 Å². The van der Waals surface area contributed by atoms with Crippen molar-refractivity contribution in [1.82, 2.24) is 0 Å². The van der Waals surface area contributed by atoms with Crippen molar-refractivity contribution in [3.63, 3.8) is 0 Å². The molecule has 0 rings (SSSR count). The van der Waals surface area contributed by atoms with Crippen LogP contribution < -0.4 is 0 Å². The predicted molar refractivity (Wildman–Crippen MR) is 338 cm³/mol. The van der Waals surface area contributed by atoms with E-state index in [1.54, 1.807) is 0 Å². The number of esters is 3. The smallest absolute Gasteiger partial charge is 0.306 e. The molecular weight excluding hydrogens is 961 g/mol. The first-order valence-electron chi connectivity index (χ1n) is 31.1. The number of hydrogen-bond donors (Lipinski definition) is 0. The zero-order chi connectivity index (χ0) is 56.4. The van der Waals surface area contributed by atoms with Gasteiger partial charge >= 0.3 is 17.9 Å². The topological polar surface area (TPSA) is 78.9 Å². The van der Waals surface area contributed by atoms with Gasteiger partial charge in [0.15, 0.2) is 6.10 Å². The summed E-state index contributed by atoms with van der Waals surface area (Å²) < 4.78 is 16.8. The van der Waals surface area contributed by atoms with Crippen molar-refractivity contribution in [3.8, 4) is 0 Å². The van der Waals surface area contributed by atoms with Gasteiger partial charge < -0.3 is 14.2 Å². The van der Waals surface area contributed by atoms with E-state index in [4.69, 9.17) is 14.2 Å². The average Bonchev–Trinajstić information content (AvgIpc) is 3.44. The SMILES string of the molecule is CC/C=C\C/C=C\C/C=C\C/C=C\C/C=C\C/C=C\CCCCCCC(=O)OCC(COC(=O)CCCCCCCCC/C=C\C/C=C\CCCCCC)OC(=O)CC/C=C\C/C=C\C/C=C\C/C=C\C/C=C\C/C=C\CC. The first-order valence-corrected chi connectivity index (χ1v) is 31.1. The fraction of sp³-hybridized carbons (Fsp3) is 0.569. The maximum absolute atomic E-state index is 12.9. The first-order chi connectivity index (χ1) is 38.5. The molecule has 0 heterocycles. The molecule has 436 valence electrons. The van der Waals surface area contributed by atoms with Crippen LogP contribution in [0.15, 0.2) is 170 Å². The van der Waals surface area contributed by atoms with Gasteiger partial charge in [-0.3, -0.25) is 14.4 Å². The molecule has 1 atom stereocenters. The number of unbranched alkanes of at least 4 members (excludes halogenated alkanes) is 15. The second kappa shape index (κ2) is 64.3. The number of rotatable bonds is 54. The van der Waals surface area contributed by atoms with Crippen LogP contribution in [0.3, 0.4) is 0 Å². The molecule has 0 aromatic carbocycles. The predicted octanol–water partition coefficient (Wildman–Crippen LogP) is 21.5. The Morgan fingerprint density at radius 3 is 0.833 bits per heavy atom. The summed E-state index contributed by atoms with van der Waals surface area (Å²) >= 11 is 0. The highest BCUT2D eigenvalue weighted by Gasteiger charge is 2.19. The Bertz CT molecular complexity index is 1810. The molecule has 6 nitrogen and oxygen atoms in total. The van der Waals surface area contributed by atoms with Gasteiger partial charge in [-0.2, -0.15) is 0 Å². The Balaban J connectivity index is 4.59. The molecule has 0 aliphatic heterocycles. The second-order valence-corrected chi connectivity index (χ2v) is 19.8. The maximum Gasteiger partial charge on any atom is 0.306 e. The van der Waals surface area contributed by atoms with Crippen LogP contribution in [0, 0.1) is 0 Å². The Morgan fingerprint density at radius 1 is 0.269 bits per heavy atom. The summed E-state index contributed by atoms with van der Waals surface area (Å²) in [6.07, 6.45) is 95.0. The Kier molecular flexibility index (Phi) is 60.0. The number of allylic oxidation sites excluding steroid dienone is 28. The lowest BCUT2D eigenvalue weighted by atomic mass is 10.1. The van der Waals surface area contributed by atoms with Crippen LogP contribution in [0.4, 0.5) is 0 Å². The Hall–Kier alpha value is -5.23. The van der Waals surface area contributed by atoms with Gasteiger partial charge in [-0.15, -0.1) is 0 Å². The maximum atomic E-state index is 12.9. The number of carbonyl (C=O) groups excluding carboxylic acids is 3. The van der Waals surface area contributed by atoms with Crippen LogP contribution in [0.1, 0.15) is 245 Å². The molecule has 1 unspecified atom stereocenters. The van der Waals surface area contributed by atoms with Gasteiger partial charge in [-0.1, -0.05) is 255 Å². The van der Waals surface area contributed by atoms with Gasteiger partial charge in [0.2, 0.25) is 0 Å². The molecule has 0 spiro atoms. The zero-order valence-corrected chi connectivity index (χ0v) is 49.9. The number of ether oxygens (including phenoxy) is 3. The number of hydrogen-bond acceptors (Lipinski definition) is 6. The molecule has 0 saturated carbocycles. The van der Waals surface area contributed by atoms with Crippen molar-refractivity contribution in [3.05, 3.63) is 170 Å². The van der Waals surface area contributed by atoms with Crippen LogP contribution in [-0.4, -0.2) is 37.2 Å². The van der Waals surface area contributed by atoms with E-state index in [0.717, 1.165) is 141 Å². The van der Waals surface area contributed by atoms with Crippen molar-refractivity contribution in [1.29, 1.82) is 0 Å². The Labute approximate surface area is 479 Å². The van der Waals surface area contributed by atoms with E-state index in [9.17, 15) is 14.4 Å². The van der Waals surface area contributed by atoms with E-state index < -0.39 is 12.1 Å². The molecule has 0 saturated heterocycles. The summed E-state index contributed by atoms with van der Waals surface area (Å²) in [7, 11) is 0. The van der Waals surface area contributed by atoms with Crippen LogP contribution in [-0.2, 0) is 28.6 Å². The summed E-state index contributed by atoms with van der Waals surface area (Å²) in [5, 5.41) is 0. The second-order valence-electron chi connectivity index (χ2n) is 19.8. The van der Waals surface area contributed by atoms with Crippen molar-refractivity contribution in [2.24, 2.45) is 0 Å². The quantitative estimate of drug-likeness (QED) is 0.0261. The zero-order valence-electron chi connectivity index (χ0n) is 49.9. The van der Waals surface area contributed by atoms with E-state index in [1.165, 1.54) is 57.8 Å². The Morgan fingerprint density at radius 2 is 0.526 bits per heavy atom. The average molecular weight is 1070 g/mol. The van der Waals surface area contributed by atoms with E-state index >= 15 is 0 Å². The summed E-state index contributed by atoms with van der Waals surface area (Å²) in [4.78, 5) is 38.3. The molecule has 0 aliphatic carbocycles. The highest BCUT2D eigenvalue weighted by molar-refractivity contribution is 5.71. The lowest BCUT2D eigenvalue weighted by molar-refractivity contribution is -0.166. The van der Waals surface area contributed by atoms with Crippen LogP contribution in [0.25, 0.3) is 0 Å². The van der Waals surface area contributed by atoms with Gasteiger partial charge in [0, 0.05) is 19.3 Å². The fourth-order valence-electron chi connectivity index (χ4n) is 7.85. The standard InChI is InChI=1S/C72H112O6/c1-4-7-10-13-16-19-22-25-28-31-34-35-36-37-39-41-44-47-50-53-56-59-62-65-71(74)77-68-69(67-76-70(73)64-61-58-55-52-49-46-43-40-33-30-27-24-21-18-15-12-9-6-3)78-72(75)66-63-60-57-54-51-48-45-42-38-32-29-26-23-20-17-14-11-8-5-2/h7-8,10-11,16-17,19-21,24-26,28-30,33-35,37-39,42,44,47-48,51,57,60,69H,4-6,9,12-15,18,22-23,27,31-32,36,40-41,43,45-46,49-50,52-56,58-59,61-68H2,1-3H3/b10-7-,11-8-,19-16-,20-17-,24-21-,28-25-,29-26-,33-30-,35-34-,39-37-,42-38-,47-44-,51-48-,60-57-. The molecule has 0 amide bonds. The summed E-state index contributed by atoms with van der Waals surface area (Å²) in [5.41, 5.74) is 0. The molecule has 0 radical (unpaired) electrons. The molecule has 0 N–H and O–H groups in total. The fourth-order valence-corrected chi connectivity index (χ4v) is 7.85. The van der Waals surface area contributed by atoms with Crippen LogP contribution >= 0.6 is 0 Å². The van der Waals surface area contributed by atoms with Crippen molar-refractivity contribution < 1.29 is 28.6 Å². The summed E-state index contributed by atoms with van der Waals surface area (Å²) in [6, 6.07) is 0. The minimum absolute atomic E-state index is 0.129. The molecule has 78 heavy (non-hydrogen) atoms.